The van der Waals surface area contributed by atoms with E-state index in [0.29, 0.717) is 0 Å². The zero-order chi connectivity index (χ0) is 42.0. The lowest BCUT2D eigenvalue weighted by molar-refractivity contribution is 1.28. The Bertz CT molecular complexity index is 3360. The molecule has 0 bridgehead atoms. The Balaban J connectivity index is 1.04. The van der Waals surface area contributed by atoms with Crippen molar-refractivity contribution in [1.29, 1.82) is 0 Å². The van der Waals surface area contributed by atoms with Gasteiger partial charge in [-0.05, 0) is 131 Å². The van der Waals surface area contributed by atoms with E-state index in [1.54, 1.807) is 0 Å². The van der Waals surface area contributed by atoms with Gasteiger partial charge in [-0.25, -0.2) is 0 Å². The number of nitrogens with zero attached hydrogens (tertiary/aromatic N) is 1. The molecule has 11 rings (SSSR count). The molecule has 0 N–H and O–H groups in total. The van der Waals surface area contributed by atoms with Gasteiger partial charge in [0.2, 0.25) is 0 Å². The number of rotatable bonds is 9. The van der Waals surface area contributed by atoms with Crippen molar-refractivity contribution in [2.24, 2.45) is 0 Å². The van der Waals surface area contributed by atoms with Crippen LogP contribution in [0.5, 0.6) is 0 Å². The van der Waals surface area contributed by atoms with Crippen LogP contribution < -0.4 is 4.90 Å². The van der Waals surface area contributed by atoms with Gasteiger partial charge in [-0.1, -0.05) is 212 Å². The molecule has 1 heteroatoms. The van der Waals surface area contributed by atoms with Gasteiger partial charge in [-0.3, -0.25) is 0 Å². The standard InChI is InChI=1S/C62H43N/c1-3-14-44(15-4-1)51-22-11-23-52(40-51)46-30-35-57(36-31-46)63(58-37-32-47(33-38-58)53-24-12-25-54(41-53)55-29-28-45-16-7-8-20-50(45)42-55)62-43-56(34-39-61(62)49-17-5-2-6-18-49)60-27-13-21-48-19-9-10-26-59(48)60/h1-43H. The molecule has 0 aliphatic rings. The number of hydrogen-bond donors (Lipinski definition) is 0. The molecule has 11 aromatic rings. The Morgan fingerprint density at radius 3 is 1.27 bits per heavy atom. The van der Waals surface area contributed by atoms with E-state index in [9.17, 15) is 0 Å². The summed E-state index contributed by atoms with van der Waals surface area (Å²) in [6.07, 6.45) is 0. The fourth-order valence-corrected chi connectivity index (χ4v) is 9.01. The van der Waals surface area contributed by atoms with Crippen molar-refractivity contribution in [2.45, 2.75) is 0 Å². The van der Waals surface area contributed by atoms with Crippen molar-refractivity contribution < 1.29 is 0 Å². The molecule has 0 saturated heterocycles. The summed E-state index contributed by atoms with van der Waals surface area (Å²) in [5.74, 6) is 0. The van der Waals surface area contributed by atoms with Crippen LogP contribution in [-0.2, 0) is 0 Å². The quantitative estimate of drug-likeness (QED) is 0.141. The lowest BCUT2D eigenvalue weighted by atomic mass is 9.93. The van der Waals surface area contributed by atoms with E-state index < -0.39 is 0 Å². The molecule has 0 atom stereocenters. The van der Waals surface area contributed by atoms with Crippen molar-refractivity contribution in [2.75, 3.05) is 4.90 Å². The zero-order valence-corrected chi connectivity index (χ0v) is 34.8. The molecule has 0 saturated carbocycles. The highest BCUT2D eigenvalue weighted by Gasteiger charge is 2.20. The predicted octanol–water partition coefficient (Wildman–Crippen LogP) is 17.5. The minimum Gasteiger partial charge on any atom is -0.310 e. The molecule has 0 aliphatic heterocycles. The molecule has 0 amide bonds. The molecular weight excluding hydrogens is 759 g/mol. The number of anilines is 3. The maximum Gasteiger partial charge on any atom is 0.0546 e. The third-order valence-corrected chi connectivity index (χ3v) is 12.3. The van der Waals surface area contributed by atoms with Crippen molar-refractivity contribution in [3.8, 4) is 66.8 Å². The lowest BCUT2D eigenvalue weighted by Crippen LogP contribution is -2.11. The third kappa shape index (κ3) is 7.58. The first-order valence-corrected chi connectivity index (χ1v) is 21.7. The SMILES string of the molecule is c1ccc(-c2cccc(-c3ccc(N(c4ccc(-c5cccc(-c6ccc7ccccc7c6)c5)cc4)c4cc(-c5cccc6ccccc56)ccc4-c4ccccc4)cc3)c2)cc1. The van der Waals surface area contributed by atoms with Gasteiger partial charge in [0.05, 0.1) is 5.69 Å². The van der Waals surface area contributed by atoms with Crippen molar-refractivity contribution >= 4 is 38.6 Å². The second-order valence-corrected chi connectivity index (χ2v) is 16.1. The second-order valence-electron chi connectivity index (χ2n) is 16.1. The van der Waals surface area contributed by atoms with Gasteiger partial charge in [0, 0.05) is 16.9 Å². The molecule has 0 aromatic heterocycles. The van der Waals surface area contributed by atoms with E-state index in [0.717, 1.165) is 22.6 Å². The van der Waals surface area contributed by atoms with Gasteiger partial charge in [0.15, 0.2) is 0 Å². The molecule has 1 nitrogen and oxygen atoms in total. The minimum absolute atomic E-state index is 1.08. The van der Waals surface area contributed by atoms with Crippen LogP contribution in [0.25, 0.3) is 88.3 Å². The second kappa shape index (κ2) is 16.7. The topological polar surface area (TPSA) is 3.24 Å². The van der Waals surface area contributed by atoms with E-state index in [1.807, 2.05) is 0 Å². The lowest BCUT2D eigenvalue weighted by Gasteiger charge is -2.29. The minimum atomic E-state index is 1.08. The normalized spacial score (nSPS) is 11.2. The van der Waals surface area contributed by atoms with Crippen molar-refractivity contribution in [3.05, 3.63) is 261 Å². The summed E-state index contributed by atoms with van der Waals surface area (Å²) in [5.41, 5.74) is 17.5. The summed E-state index contributed by atoms with van der Waals surface area (Å²) in [4.78, 5) is 2.43. The highest BCUT2D eigenvalue weighted by Crippen LogP contribution is 2.45. The number of benzene rings is 11. The zero-order valence-electron chi connectivity index (χ0n) is 34.8. The van der Waals surface area contributed by atoms with Gasteiger partial charge in [0.25, 0.3) is 0 Å². The first kappa shape index (κ1) is 37.7. The number of hydrogen-bond acceptors (Lipinski definition) is 1. The summed E-state index contributed by atoms with van der Waals surface area (Å²) < 4.78 is 0. The average Bonchev–Trinajstić information content (AvgIpc) is 3.37. The molecule has 63 heavy (non-hydrogen) atoms. The Kier molecular flexibility index (Phi) is 9.97. The highest BCUT2D eigenvalue weighted by molar-refractivity contribution is 5.99. The molecule has 11 aromatic carbocycles. The van der Waals surface area contributed by atoms with Gasteiger partial charge in [-0.15, -0.1) is 0 Å². The van der Waals surface area contributed by atoms with E-state index in [-0.39, 0.29) is 0 Å². The van der Waals surface area contributed by atoms with Crippen LogP contribution in [0, 0.1) is 0 Å². The molecule has 296 valence electrons. The van der Waals surface area contributed by atoms with Crippen molar-refractivity contribution in [3.63, 3.8) is 0 Å². The molecule has 0 fully saturated rings. The Morgan fingerprint density at radius 1 is 0.206 bits per heavy atom. The smallest absolute Gasteiger partial charge is 0.0546 e. The molecular formula is C62H43N. The van der Waals surface area contributed by atoms with E-state index >= 15 is 0 Å². The fraction of sp³-hybridized carbons (Fsp3) is 0. The van der Waals surface area contributed by atoms with Crippen molar-refractivity contribution in [1.82, 2.24) is 0 Å². The van der Waals surface area contributed by atoms with Gasteiger partial charge >= 0.3 is 0 Å². The summed E-state index contributed by atoms with van der Waals surface area (Å²) in [6, 6.07) is 94.7. The Hall–Kier alpha value is -8.26. The van der Waals surface area contributed by atoms with Gasteiger partial charge in [0.1, 0.15) is 0 Å². The molecule has 0 spiro atoms. The van der Waals surface area contributed by atoms with Crippen LogP contribution >= 0.6 is 0 Å². The Morgan fingerprint density at radius 2 is 0.635 bits per heavy atom. The van der Waals surface area contributed by atoms with Crippen LogP contribution in [-0.4, -0.2) is 0 Å². The van der Waals surface area contributed by atoms with Crippen LogP contribution in [0.4, 0.5) is 17.1 Å². The van der Waals surface area contributed by atoms with Crippen LogP contribution in [0.2, 0.25) is 0 Å². The highest BCUT2D eigenvalue weighted by atomic mass is 15.1. The molecule has 0 radical (unpaired) electrons. The van der Waals surface area contributed by atoms with Crippen LogP contribution in [0.1, 0.15) is 0 Å². The van der Waals surface area contributed by atoms with Gasteiger partial charge < -0.3 is 4.90 Å². The Labute approximate surface area is 369 Å². The van der Waals surface area contributed by atoms with E-state index in [2.05, 4.69) is 266 Å². The predicted molar refractivity (Wildman–Crippen MR) is 269 cm³/mol. The monoisotopic (exact) mass is 801 g/mol. The first-order chi connectivity index (χ1) is 31.2. The molecule has 0 heterocycles. The number of fused-ring (bicyclic) bond motifs is 2. The summed E-state index contributed by atoms with van der Waals surface area (Å²) in [5, 5.41) is 4.97. The maximum absolute atomic E-state index is 2.43. The third-order valence-electron chi connectivity index (χ3n) is 12.3. The van der Waals surface area contributed by atoms with Crippen LogP contribution in [0.15, 0.2) is 261 Å². The van der Waals surface area contributed by atoms with E-state index in [4.69, 9.17) is 0 Å². The summed E-state index contributed by atoms with van der Waals surface area (Å²) in [6.45, 7) is 0. The summed E-state index contributed by atoms with van der Waals surface area (Å²) in [7, 11) is 0. The van der Waals surface area contributed by atoms with Crippen LogP contribution in [0.3, 0.4) is 0 Å². The fourth-order valence-electron chi connectivity index (χ4n) is 9.01. The first-order valence-electron chi connectivity index (χ1n) is 21.7. The average molecular weight is 802 g/mol. The summed E-state index contributed by atoms with van der Waals surface area (Å²) >= 11 is 0. The van der Waals surface area contributed by atoms with E-state index in [1.165, 1.54) is 82.7 Å². The maximum atomic E-state index is 2.43. The largest absolute Gasteiger partial charge is 0.310 e. The molecule has 0 aliphatic carbocycles. The molecule has 0 unspecified atom stereocenters. The van der Waals surface area contributed by atoms with Gasteiger partial charge in [-0.2, -0.15) is 0 Å².